The zero-order valence-corrected chi connectivity index (χ0v) is 12.1. The van der Waals surface area contributed by atoms with Gasteiger partial charge in [-0.1, -0.05) is 0 Å². The highest BCUT2D eigenvalue weighted by Gasteiger charge is 2.12. The highest BCUT2D eigenvalue weighted by atomic mass is 16.5. The number of hydrogen-bond acceptors (Lipinski definition) is 5. The first-order valence-corrected chi connectivity index (χ1v) is 6.52. The monoisotopic (exact) mass is 281 g/mol. The number of amides is 1. The standard InChI is InChI=1S/C14H23N3O3/c1-19-8-3-6-17(7-9-20-2)13-10-11(14(16)18)4-5-12(13)15/h4-5,10H,3,6-9,15H2,1-2H3,(H2,16,18). The Hall–Kier alpha value is -1.79. The fourth-order valence-corrected chi connectivity index (χ4v) is 1.92. The molecule has 0 saturated carbocycles. The number of nitrogens with zero attached hydrogens (tertiary/aromatic N) is 1. The number of anilines is 2. The summed E-state index contributed by atoms with van der Waals surface area (Å²) in [5.74, 6) is -0.463. The van der Waals surface area contributed by atoms with Crippen molar-refractivity contribution in [3.05, 3.63) is 23.8 Å². The third-order valence-electron chi connectivity index (χ3n) is 3.00. The molecule has 0 aliphatic rings. The zero-order valence-electron chi connectivity index (χ0n) is 12.1. The van der Waals surface area contributed by atoms with Gasteiger partial charge in [-0.15, -0.1) is 0 Å². The molecule has 0 aliphatic carbocycles. The molecular weight excluding hydrogens is 258 g/mol. The number of benzene rings is 1. The number of carbonyl (C=O) groups is 1. The van der Waals surface area contributed by atoms with Crippen LogP contribution in [-0.4, -0.2) is 46.4 Å². The second-order valence-electron chi connectivity index (χ2n) is 4.46. The lowest BCUT2D eigenvalue weighted by atomic mass is 10.1. The minimum atomic E-state index is -0.463. The van der Waals surface area contributed by atoms with Gasteiger partial charge in [0.2, 0.25) is 5.91 Å². The summed E-state index contributed by atoms with van der Waals surface area (Å²) in [5, 5.41) is 0. The fraction of sp³-hybridized carbons (Fsp3) is 0.500. The molecule has 0 atom stereocenters. The Morgan fingerprint density at radius 1 is 1.20 bits per heavy atom. The van der Waals surface area contributed by atoms with Gasteiger partial charge in [-0.05, 0) is 24.6 Å². The van der Waals surface area contributed by atoms with Gasteiger partial charge in [-0.3, -0.25) is 4.79 Å². The van der Waals surface area contributed by atoms with E-state index >= 15 is 0 Å². The first-order valence-electron chi connectivity index (χ1n) is 6.52. The van der Waals surface area contributed by atoms with Gasteiger partial charge in [-0.25, -0.2) is 0 Å². The van der Waals surface area contributed by atoms with Gasteiger partial charge in [0, 0.05) is 39.5 Å². The first-order chi connectivity index (χ1) is 9.60. The van der Waals surface area contributed by atoms with Crippen LogP contribution in [0.25, 0.3) is 0 Å². The summed E-state index contributed by atoms with van der Waals surface area (Å²) in [5.41, 5.74) is 13.2. The SMILES string of the molecule is COCCCN(CCOC)c1cc(C(N)=O)ccc1N. The Labute approximate surface area is 119 Å². The van der Waals surface area contributed by atoms with E-state index in [2.05, 4.69) is 4.90 Å². The molecule has 0 aromatic heterocycles. The fourth-order valence-electron chi connectivity index (χ4n) is 1.92. The van der Waals surface area contributed by atoms with Gasteiger partial charge < -0.3 is 25.8 Å². The molecule has 6 heteroatoms. The average Bonchev–Trinajstić information content (AvgIpc) is 2.43. The molecule has 0 fully saturated rings. The van der Waals surface area contributed by atoms with Crippen molar-refractivity contribution >= 4 is 17.3 Å². The summed E-state index contributed by atoms with van der Waals surface area (Å²) in [7, 11) is 3.32. The van der Waals surface area contributed by atoms with Crippen molar-refractivity contribution in [2.45, 2.75) is 6.42 Å². The summed E-state index contributed by atoms with van der Waals surface area (Å²) in [6, 6.07) is 5.05. The molecule has 0 unspecified atom stereocenters. The molecule has 0 aliphatic heterocycles. The van der Waals surface area contributed by atoms with Crippen molar-refractivity contribution in [2.75, 3.05) is 51.2 Å². The van der Waals surface area contributed by atoms with Crippen LogP contribution in [0.2, 0.25) is 0 Å². The molecule has 0 spiro atoms. The van der Waals surface area contributed by atoms with E-state index in [4.69, 9.17) is 20.9 Å². The minimum Gasteiger partial charge on any atom is -0.397 e. The molecule has 1 aromatic carbocycles. The Balaban J connectivity index is 2.92. The Morgan fingerprint density at radius 3 is 2.50 bits per heavy atom. The highest BCUT2D eigenvalue weighted by molar-refractivity contribution is 5.95. The largest absolute Gasteiger partial charge is 0.397 e. The molecule has 0 heterocycles. The molecule has 0 radical (unpaired) electrons. The number of nitrogens with two attached hydrogens (primary N) is 2. The van der Waals surface area contributed by atoms with Gasteiger partial charge in [0.1, 0.15) is 0 Å². The molecule has 112 valence electrons. The van der Waals surface area contributed by atoms with E-state index in [1.807, 2.05) is 0 Å². The van der Waals surface area contributed by atoms with E-state index in [-0.39, 0.29) is 0 Å². The highest BCUT2D eigenvalue weighted by Crippen LogP contribution is 2.24. The second-order valence-corrected chi connectivity index (χ2v) is 4.46. The Kier molecular flexibility index (Phi) is 6.83. The number of nitrogen functional groups attached to an aromatic ring is 1. The number of hydrogen-bond donors (Lipinski definition) is 2. The molecule has 1 amide bonds. The summed E-state index contributed by atoms with van der Waals surface area (Å²) in [6.45, 7) is 2.70. The van der Waals surface area contributed by atoms with Crippen LogP contribution in [0, 0.1) is 0 Å². The van der Waals surface area contributed by atoms with Crippen LogP contribution in [-0.2, 0) is 9.47 Å². The lowest BCUT2D eigenvalue weighted by Crippen LogP contribution is -2.30. The Morgan fingerprint density at radius 2 is 1.90 bits per heavy atom. The second kappa shape index (κ2) is 8.39. The van der Waals surface area contributed by atoms with Crippen LogP contribution in [0.1, 0.15) is 16.8 Å². The van der Waals surface area contributed by atoms with Crippen LogP contribution >= 0.6 is 0 Å². The summed E-state index contributed by atoms with van der Waals surface area (Å²) in [6.07, 6.45) is 0.862. The zero-order chi connectivity index (χ0) is 15.0. The quantitative estimate of drug-likeness (QED) is 0.517. The molecule has 4 N–H and O–H groups in total. The van der Waals surface area contributed by atoms with Crippen molar-refractivity contribution in [1.29, 1.82) is 0 Å². The number of carbonyl (C=O) groups excluding carboxylic acids is 1. The number of primary amides is 1. The number of methoxy groups -OCH3 is 2. The van der Waals surface area contributed by atoms with Gasteiger partial charge in [0.25, 0.3) is 0 Å². The van der Waals surface area contributed by atoms with E-state index in [0.29, 0.717) is 31.0 Å². The minimum absolute atomic E-state index is 0.448. The summed E-state index contributed by atoms with van der Waals surface area (Å²) < 4.78 is 10.2. The van der Waals surface area contributed by atoms with Crippen molar-refractivity contribution in [3.8, 4) is 0 Å². The maximum absolute atomic E-state index is 11.3. The molecule has 20 heavy (non-hydrogen) atoms. The molecule has 1 rings (SSSR count). The van der Waals surface area contributed by atoms with Crippen LogP contribution in [0.5, 0.6) is 0 Å². The Bertz CT molecular complexity index is 438. The van der Waals surface area contributed by atoms with E-state index in [1.165, 1.54) is 0 Å². The van der Waals surface area contributed by atoms with Gasteiger partial charge in [0.05, 0.1) is 18.0 Å². The first kappa shape index (κ1) is 16.3. The third-order valence-corrected chi connectivity index (χ3v) is 3.00. The number of rotatable bonds is 9. The lowest BCUT2D eigenvalue weighted by Gasteiger charge is -2.26. The predicted octanol–water partition coefficient (Wildman–Crippen LogP) is 0.857. The van der Waals surface area contributed by atoms with Crippen LogP contribution in [0.4, 0.5) is 11.4 Å². The molecule has 6 nitrogen and oxygen atoms in total. The number of ether oxygens (including phenoxy) is 2. The predicted molar refractivity (Wildman–Crippen MR) is 80.0 cm³/mol. The molecular formula is C14H23N3O3. The van der Waals surface area contributed by atoms with E-state index < -0.39 is 5.91 Å². The van der Waals surface area contributed by atoms with Gasteiger partial charge >= 0.3 is 0 Å². The van der Waals surface area contributed by atoms with Gasteiger partial charge in [-0.2, -0.15) is 0 Å². The van der Waals surface area contributed by atoms with E-state index in [1.54, 1.807) is 32.4 Å². The lowest BCUT2D eigenvalue weighted by molar-refractivity contribution is 0.100. The molecule has 0 bridgehead atoms. The normalized spacial score (nSPS) is 10.5. The summed E-state index contributed by atoms with van der Waals surface area (Å²) in [4.78, 5) is 13.4. The van der Waals surface area contributed by atoms with E-state index in [9.17, 15) is 4.79 Å². The van der Waals surface area contributed by atoms with Crippen LogP contribution < -0.4 is 16.4 Å². The van der Waals surface area contributed by atoms with E-state index in [0.717, 1.165) is 18.7 Å². The van der Waals surface area contributed by atoms with Crippen molar-refractivity contribution in [2.24, 2.45) is 5.73 Å². The van der Waals surface area contributed by atoms with Crippen LogP contribution in [0.3, 0.4) is 0 Å². The topological polar surface area (TPSA) is 90.8 Å². The maximum atomic E-state index is 11.3. The molecule has 1 aromatic rings. The van der Waals surface area contributed by atoms with Crippen molar-refractivity contribution in [3.63, 3.8) is 0 Å². The van der Waals surface area contributed by atoms with Crippen LogP contribution in [0.15, 0.2) is 18.2 Å². The van der Waals surface area contributed by atoms with Crippen molar-refractivity contribution < 1.29 is 14.3 Å². The summed E-state index contributed by atoms with van der Waals surface area (Å²) >= 11 is 0. The molecule has 0 saturated heterocycles. The maximum Gasteiger partial charge on any atom is 0.248 e. The van der Waals surface area contributed by atoms with Crippen molar-refractivity contribution in [1.82, 2.24) is 0 Å². The van der Waals surface area contributed by atoms with Gasteiger partial charge in [0.15, 0.2) is 0 Å². The average molecular weight is 281 g/mol. The smallest absolute Gasteiger partial charge is 0.248 e. The third kappa shape index (κ3) is 4.71.